The van der Waals surface area contributed by atoms with E-state index in [1.807, 2.05) is 6.07 Å². The SMILES string of the molecule is CC(C)C[C@H](N)c1ccc(Br)c([N+](=O)[O-])c1. The molecular formula is C11H15BrN2O2. The molecule has 88 valence electrons. The third kappa shape index (κ3) is 3.28. The van der Waals surface area contributed by atoms with E-state index < -0.39 is 4.92 Å². The lowest BCUT2D eigenvalue weighted by Crippen LogP contribution is -2.13. The van der Waals surface area contributed by atoms with Crippen LogP contribution in [0.25, 0.3) is 0 Å². The predicted molar refractivity (Wildman–Crippen MR) is 67.2 cm³/mol. The zero-order chi connectivity index (χ0) is 12.3. The van der Waals surface area contributed by atoms with Gasteiger partial charge in [0, 0.05) is 12.1 Å². The molecule has 1 rings (SSSR count). The molecule has 4 nitrogen and oxygen atoms in total. The minimum atomic E-state index is -0.407. The number of rotatable bonds is 4. The maximum atomic E-state index is 10.8. The fourth-order valence-corrected chi connectivity index (χ4v) is 1.94. The number of nitrogens with two attached hydrogens (primary N) is 1. The fraction of sp³-hybridized carbons (Fsp3) is 0.455. The summed E-state index contributed by atoms with van der Waals surface area (Å²) in [4.78, 5) is 10.3. The van der Waals surface area contributed by atoms with Crippen LogP contribution in [-0.2, 0) is 0 Å². The molecule has 1 aromatic rings. The standard InChI is InChI=1S/C11H15BrN2O2/c1-7(2)5-10(13)8-3-4-9(12)11(6-8)14(15)16/h3-4,6-7,10H,5,13H2,1-2H3/t10-/m0/s1. The molecular weight excluding hydrogens is 272 g/mol. The van der Waals surface area contributed by atoms with E-state index in [4.69, 9.17) is 5.73 Å². The van der Waals surface area contributed by atoms with E-state index in [-0.39, 0.29) is 11.7 Å². The maximum Gasteiger partial charge on any atom is 0.283 e. The van der Waals surface area contributed by atoms with Crippen LogP contribution in [-0.4, -0.2) is 4.92 Å². The van der Waals surface area contributed by atoms with Gasteiger partial charge in [0.2, 0.25) is 0 Å². The van der Waals surface area contributed by atoms with Crippen molar-refractivity contribution in [1.82, 2.24) is 0 Å². The van der Waals surface area contributed by atoms with E-state index in [9.17, 15) is 10.1 Å². The molecule has 0 bridgehead atoms. The first-order valence-electron chi connectivity index (χ1n) is 5.11. The van der Waals surface area contributed by atoms with Crippen molar-refractivity contribution < 1.29 is 4.92 Å². The molecule has 0 amide bonds. The Labute approximate surface area is 103 Å². The van der Waals surface area contributed by atoms with Crippen molar-refractivity contribution in [2.45, 2.75) is 26.3 Å². The fourth-order valence-electron chi connectivity index (χ4n) is 1.54. The molecule has 0 fully saturated rings. The lowest BCUT2D eigenvalue weighted by Gasteiger charge is -2.14. The number of halogens is 1. The van der Waals surface area contributed by atoms with Crippen LogP contribution in [0.1, 0.15) is 31.9 Å². The lowest BCUT2D eigenvalue weighted by molar-refractivity contribution is -0.385. The molecule has 0 radical (unpaired) electrons. The van der Waals surface area contributed by atoms with Gasteiger partial charge in [-0.1, -0.05) is 19.9 Å². The summed E-state index contributed by atoms with van der Waals surface area (Å²) in [6.45, 7) is 4.15. The molecule has 1 aromatic carbocycles. The van der Waals surface area contributed by atoms with E-state index in [1.54, 1.807) is 6.07 Å². The molecule has 0 unspecified atom stereocenters. The normalized spacial score (nSPS) is 12.8. The van der Waals surface area contributed by atoms with Crippen LogP contribution in [0.5, 0.6) is 0 Å². The zero-order valence-corrected chi connectivity index (χ0v) is 10.9. The first-order chi connectivity index (χ1) is 7.41. The topological polar surface area (TPSA) is 69.2 Å². The number of nitro groups is 1. The molecule has 0 saturated carbocycles. The summed E-state index contributed by atoms with van der Waals surface area (Å²) in [5.74, 6) is 0.470. The Morgan fingerprint density at radius 3 is 2.62 bits per heavy atom. The van der Waals surface area contributed by atoms with Crippen molar-refractivity contribution in [3.63, 3.8) is 0 Å². The van der Waals surface area contributed by atoms with Gasteiger partial charge >= 0.3 is 0 Å². The Morgan fingerprint density at radius 1 is 1.50 bits per heavy atom. The van der Waals surface area contributed by atoms with Gasteiger partial charge in [0.15, 0.2) is 0 Å². The Balaban J connectivity index is 2.98. The van der Waals surface area contributed by atoms with Crippen molar-refractivity contribution in [1.29, 1.82) is 0 Å². The zero-order valence-electron chi connectivity index (χ0n) is 9.31. The van der Waals surface area contributed by atoms with Gasteiger partial charge in [-0.3, -0.25) is 10.1 Å². The quantitative estimate of drug-likeness (QED) is 0.681. The summed E-state index contributed by atoms with van der Waals surface area (Å²) in [5, 5.41) is 10.8. The van der Waals surface area contributed by atoms with Crippen molar-refractivity contribution in [2.75, 3.05) is 0 Å². The molecule has 0 saturated heterocycles. The molecule has 0 aliphatic heterocycles. The van der Waals surface area contributed by atoms with Crippen LogP contribution in [0.15, 0.2) is 22.7 Å². The van der Waals surface area contributed by atoms with Crippen LogP contribution in [0.4, 0.5) is 5.69 Å². The first kappa shape index (κ1) is 13.1. The number of nitro benzene ring substituents is 1. The van der Waals surface area contributed by atoms with E-state index in [0.717, 1.165) is 12.0 Å². The molecule has 0 heterocycles. The van der Waals surface area contributed by atoms with E-state index in [2.05, 4.69) is 29.8 Å². The smallest absolute Gasteiger partial charge is 0.283 e. The van der Waals surface area contributed by atoms with Gasteiger partial charge in [0.05, 0.1) is 9.40 Å². The molecule has 2 N–H and O–H groups in total. The van der Waals surface area contributed by atoms with Crippen molar-refractivity contribution in [3.05, 3.63) is 38.3 Å². The molecule has 0 spiro atoms. The molecule has 16 heavy (non-hydrogen) atoms. The largest absolute Gasteiger partial charge is 0.324 e. The molecule has 0 aliphatic carbocycles. The van der Waals surface area contributed by atoms with Gasteiger partial charge < -0.3 is 5.73 Å². The van der Waals surface area contributed by atoms with E-state index in [0.29, 0.717) is 10.4 Å². The van der Waals surface area contributed by atoms with Crippen LogP contribution in [0.2, 0.25) is 0 Å². The van der Waals surface area contributed by atoms with E-state index >= 15 is 0 Å². The highest BCUT2D eigenvalue weighted by molar-refractivity contribution is 9.10. The number of nitrogens with zero attached hydrogens (tertiary/aromatic N) is 1. The third-order valence-electron chi connectivity index (χ3n) is 2.32. The summed E-state index contributed by atoms with van der Waals surface area (Å²) in [7, 11) is 0. The summed E-state index contributed by atoms with van der Waals surface area (Å²) in [5.41, 5.74) is 6.85. The second-order valence-electron chi connectivity index (χ2n) is 4.20. The van der Waals surface area contributed by atoms with Gasteiger partial charge in [0.25, 0.3) is 5.69 Å². The van der Waals surface area contributed by atoms with E-state index in [1.165, 1.54) is 6.07 Å². The summed E-state index contributed by atoms with van der Waals surface area (Å²) >= 11 is 3.15. The third-order valence-corrected chi connectivity index (χ3v) is 2.99. The minimum absolute atomic E-state index is 0.0664. The minimum Gasteiger partial charge on any atom is -0.324 e. The van der Waals surface area contributed by atoms with Crippen molar-refractivity contribution in [3.8, 4) is 0 Å². The van der Waals surface area contributed by atoms with Gasteiger partial charge in [-0.25, -0.2) is 0 Å². The molecule has 1 atom stereocenters. The van der Waals surface area contributed by atoms with Gasteiger partial charge in [-0.05, 0) is 39.9 Å². The number of hydrogen-bond donors (Lipinski definition) is 1. The summed E-state index contributed by atoms with van der Waals surface area (Å²) in [6.07, 6.45) is 0.818. The monoisotopic (exact) mass is 286 g/mol. The second kappa shape index (κ2) is 5.41. The molecule has 0 aliphatic rings. The average Bonchev–Trinajstić information content (AvgIpc) is 2.16. The van der Waals surface area contributed by atoms with Crippen molar-refractivity contribution >= 4 is 21.6 Å². The molecule has 5 heteroatoms. The number of benzene rings is 1. The highest BCUT2D eigenvalue weighted by Gasteiger charge is 2.16. The first-order valence-corrected chi connectivity index (χ1v) is 5.90. The predicted octanol–water partition coefficient (Wildman–Crippen LogP) is 3.40. The Bertz CT molecular complexity index is 394. The van der Waals surface area contributed by atoms with Crippen LogP contribution < -0.4 is 5.73 Å². The van der Waals surface area contributed by atoms with Crippen LogP contribution in [0.3, 0.4) is 0 Å². The second-order valence-corrected chi connectivity index (χ2v) is 5.06. The molecule has 0 aromatic heterocycles. The lowest BCUT2D eigenvalue weighted by atomic mass is 9.97. The highest BCUT2D eigenvalue weighted by Crippen LogP contribution is 2.29. The number of hydrogen-bond acceptors (Lipinski definition) is 3. The van der Waals surface area contributed by atoms with Gasteiger partial charge in [0.1, 0.15) is 0 Å². The van der Waals surface area contributed by atoms with Gasteiger partial charge in [-0.15, -0.1) is 0 Å². The maximum absolute atomic E-state index is 10.8. The highest BCUT2D eigenvalue weighted by atomic mass is 79.9. The Kier molecular flexibility index (Phi) is 4.44. The van der Waals surface area contributed by atoms with Crippen LogP contribution >= 0.6 is 15.9 Å². The van der Waals surface area contributed by atoms with Crippen molar-refractivity contribution in [2.24, 2.45) is 11.7 Å². The van der Waals surface area contributed by atoms with Crippen LogP contribution in [0, 0.1) is 16.0 Å². The summed E-state index contributed by atoms with van der Waals surface area (Å²) in [6, 6.07) is 4.89. The average molecular weight is 287 g/mol. The Hall–Kier alpha value is -0.940. The summed E-state index contributed by atoms with van der Waals surface area (Å²) < 4.78 is 0.484. The Morgan fingerprint density at radius 2 is 2.12 bits per heavy atom. The van der Waals surface area contributed by atoms with Gasteiger partial charge in [-0.2, -0.15) is 0 Å².